The first kappa shape index (κ1) is 15.5. The first-order valence-electron chi connectivity index (χ1n) is 7.50. The first-order chi connectivity index (χ1) is 10.2. The zero-order valence-corrected chi connectivity index (χ0v) is 13.2. The lowest BCUT2D eigenvalue weighted by Gasteiger charge is -2.20. The van der Waals surface area contributed by atoms with Crippen molar-refractivity contribution >= 4 is 0 Å². The van der Waals surface area contributed by atoms with E-state index in [2.05, 4.69) is 61.9 Å². The Labute approximate surface area is 127 Å². The van der Waals surface area contributed by atoms with E-state index in [1.807, 2.05) is 12.1 Å². The molecule has 0 heterocycles. The van der Waals surface area contributed by atoms with Crippen molar-refractivity contribution in [2.45, 2.75) is 12.6 Å². The molecule has 3 N–H and O–H groups in total. The molecule has 0 spiro atoms. The molecule has 112 valence electrons. The van der Waals surface area contributed by atoms with E-state index in [0.29, 0.717) is 6.04 Å². The van der Waals surface area contributed by atoms with Crippen LogP contribution in [0.15, 0.2) is 54.6 Å². The quantitative estimate of drug-likeness (QED) is 0.769. The van der Waals surface area contributed by atoms with Gasteiger partial charge < -0.3 is 15.0 Å². The van der Waals surface area contributed by atoms with Gasteiger partial charge in [-0.05, 0) is 24.3 Å². The third kappa shape index (κ3) is 4.59. The first-order valence-corrected chi connectivity index (χ1v) is 7.50. The van der Waals surface area contributed by atoms with Gasteiger partial charge in [0.25, 0.3) is 0 Å². The summed E-state index contributed by atoms with van der Waals surface area (Å²) < 4.78 is 5.19. The Bertz CT molecular complexity index is 523. The van der Waals surface area contributed by atoms with Gasteiger partial charge >= 0.3 is 0 Å². The molecule has 1 atom stereocenters. The summed E-state index contributed by atoms with van der Waals surface area (Å²) in [5, 5.41) is 2.38. The maximum Gasteiger partial charge on any atom is 0.162 e. The van der Waals surface area contributed by atoms with Gasteiger partial charge in [0.05, 0.1) is 21.2 Å². The second-order valence-corrected chi connectivity index (χ2v) is 5.62. The third-order valence-electron chi connectivity index (χ3n) is 3.84. The Morgan fingerprint density at radius 2 is 1.67 bits per heavy atom. The molecule has 2 aromatic carbocycles. The Morgan fingerprint density at radius 1 is 1.00 bits per heavy atom. The third-order valence-corrected chi connectivity index (χ3v) is 3.84. The Morgan fingerprint density at radius 3 is 2.24 bits per heavy atom. The van der Waals surface area contributed by atoms with Gasteiger partial charge in [-0.15, -0.1) is 0 Å². The average molecular weight is 286 g/mol. The highest BCUT2D eigenvalue weighted by Crippen LogP contribution is 2.10. The molecule has 0 saturated carbocycles. The molecular formula is C18H26N2O+2. The van der Waals surface area contributed by atoms with Crippen LogP contribution >= 0.6 is 0 Å². The molecule has 0 bridgehead atoms. The molecular weight excluding hydrogens is 260 g/mol. The van der Waals surface area contributed by atoms with Crippen molar-refractivity contribution in [3.63, 3.8) is 0 Å². The van der Waals surface area contributed by atoms with E-state index < -0.39 is 0 Å². The molecule has 2 rings (SSSR count). The number of benzene rings is 2. The van der Waals surface area contributed by atoms with Gasteiger partial charge in [-0.25, -0.2) is 0 Å². The van der Waals surface area contributed by atoms with Crippen LogP contribution in [0.1, 0.15) is 17.2 Å². The zero-order valence-electron chi connectivity index (χ0n) is 13.2. The maximum absolute atomic E-state index is 5.19. The molecule has 0 radical (unpaired) electrons. The van der Waals surface area contributed by atoms with E-state index in [4.69, 9.17) is 4.74 Å². The van der Waals surface area contributed by atoms with E-state index in [-0.39, 0.29) is 0 Å². The van der Waals surface area contributed by atoms with Crippen LogP contribution in [-0.2, 0) is 6.54 Å². The molecule has 3 heteroatoms. The number of nitrogens with one attached hydrogen (secondary N) is 1. The fraction of sp³-hybridized carbons (Fsp3) is 0.333. The fourth-order valence-corrected chi connectivity index (χ4v) is 2.57. The number of rotatable bonds is 7. The molecule has 3 nitrogen and oxygen atoms in total. The second-order valence-electron chi connectivity index (χ2n) is 5.62. The van der Waals surface area contributed by atoms with E-state index >= 15 is 0 Å². The van der Waals surface area contributed by atoms with E-state index in [1.54, 1.807) is 7.11 Å². The number of likely N-dealkylation sites (N-methyl/N-ethyl adjacent to an activating group) is 1. The number of methoxy groups -OCH3 is 1. The summed E-state index contributed by atoms with van der Waals surface area (Å²) in [4.78, 5) is 1.46. The minimum Gasteiger partial charge on any atom is -0.497 e. The zero-order chi connectivity index (χ0) is 15.1. The van der Waals surface area contributed by atoms with Gasteiger partial charge in [0.1, 0.15) is 18.8 Å². The van der Waals surface area contributed by atoms with Crippen LogP contribution in [0.2, 0.25) is 0 Å². The van der Waals surface area contributed by atoms with Crippen molar-refractivity contribution in [1.29, 1.82) is 0 Å². The maximum atomic E-state index is 5.19. The van der Waals surface area contributed by atoms with Crippen molar-refractivity contribution in [1.82, 2.24) is 0 Å². The number of hydrogen-bond donors (Lipinski definition) is 2. The minimum atomic E-state index is 0.518. The number of quaternary nitrogens is 2. The normalized spacial score (nSPS) is 12.4. The average Bonchev–Trinajstić information content (AvgIpc) is 2.52. The summed E-state index contributed by atoms with van der Waals surface area (Å²) in [5.74, 6) is 0.915. The Kier molecular flexibility index (Phi) is 5.78. The molecule has 0 aliphatic heterocycles. The van der Waals surface area contributed by atoms with Crippen molar-refractivity contribution in [2.24, 2.45) is 0 Å². The lowest BCUT2D eigenvalue weighted by molar-refractivity contribution is -0.910. The van der Waals surface area contributed by atoms with Crippen LogP contribution in [0.4, 0.5) is 0 Å². The molecule has 0 fully saturated rings. The molecule has 0 aromatic heterocycles. The van der Waals surface area contributed by atoms with Gasteiger partial charge in [0, 0.05) is 11.1 Å². The van der Waals surface area contributed by atoms with Crippen molar-refractivity contribution in [2.75, 3.05) is 27.7 Å². The second kappa shape index (κ2) is 7.81. The van der Waals surface area contributed by atoms with Gasteiger partial charge in [-0.3, -0.25) is 0 Å². The van der Waals surface area contributed by atoms with Gasteiger partial charge in [0.2, 0.25) is 0 Å². The van der Waals surface area contributed by atoms with Crippen LogP contribution in [0, 0.1) is 0 Å². The smallest absolute Gasteiger partial charge is 0.162 e. The summed E-state index contributed by atoms with van der Waals surface area (Å²) in [5.41, 5.74) is 2.74. The SMILES string of the molecule is COc1ccc(C[NH2+]C[C@H](c2ccccc2)[NH+](C)C)cc1. The van der Waals surface area contributed by atoms with Crippen LogP contribution in [0.5, 0.6) is 5.75 Å². The van der Waals surface area contributed by atoms with Gasteiger partial charge in [-0.1, -0.05) is 30.3 Å². The lowest BCUT2D eigenvalue weighted by atomic mass is 10.1. The predicted molar refractivity (Wildman–Crippen MR) is 85.5 cm³/mol. The van der Waals surface area contributed by atoms with Crippen molar-refractivity contribution in [3.05, 3.63) is 65.7 Å². The Balaban J connectivity index is 1.90. The summed E-state index contributed by atoms with van der Waals surface area (Å²) >= 11 is 0. The largest absolute Gasteiger partial charge is 0.497 e. The highest BCUT2D eigenvalue weighted by molar-refractivity contribution is 5.26. The molecule has 0 amide bonds. The Hall–Kier alpha value is -1.84. The topological polar surface area (TPSA) is 30.3 Å². The molecule has 0 unspecified atom stereocenters. The molecule has 0 aliphatic carbocycles. The number of nitrogens with two attached hydrogens (primary N) is 1. The van der Waals surface area contributed by atoms with Crippen LogP contribution < -0.4 is 15.0 Å². The van der Waals surface area contributed by atoms with Crippen molar-refractivity contribution in [3.8, 4) is 5.75 Å². The van der Waals surface area contributed by atoms with Crippen LogP contribution in [0.3, 0.4) is 0 Å². The highest BCUT2D eigenvalue weighted by atomic mass is 16.5. The lowest BCUT2D eigenvalue weighted by Crippen LogP contribution is -3.09. The highest BCUT2D eigenvalue weighted by Gasteiger charge is 2.19. The summed E-state index contributed by atoms with van der Waals surface area (Å²) in [6.07, 6.45) is 0. The number of ether oxygens (including phenoxy) is 1. The fourth-order valence-electron chi connectivity index (χ4n) is 2.57. The summed E-state index contributed by atoms with van der Waals surface area (Å²) in [6.45, 7) is 2.08. The van der Waals surface area contributed by atoms with Crippen molar-refractivity contribution < 1.29 is 15.0 Å². The van der Waals surface area contributed by atoms with E-state index in [9.17, 15) is 0 Å². The standard InChI is InChI=1S/C18H24N2O/c1-20(2)18(16-7-5-4-6-8-16)14-19-13-15-9-11-17(21-3)12-10-15/h4-12,18-19H,13-14H2,1-3H3/p+2/t18-/m1/s1. The summed E-state index contributed by atoms with van der Waals surface area (Å²) in [7, 11) is 6.14. The summed E-state index contributed by atoms with van der Waals surface area (Å²) in [6, 6.07) is 19.6. The van der Waals surface area contributed by atoms with E-state index in [1.165, 1.54) is 16.0 Å². The number of hydrogen-bond acceptors (Lipinski definition) is 1. The molecule has 2 aromatic rings. The minimum absolute atomic E-state index is 0.518. The molecule has 21 heavy (non-hydrogen) atoms. The monoisotopic (exact) mass is 286 g/mol. The van der Waals surface area contributed by atoms with Gasteiger partial charge in [-0.2, -0.15) is 0 Å². The predicted octanol–water partition coefficient (Wildman–Crippen LogP) is 0.644. The molecule has 0 aliphatic rings. The van der Waals surface area contributed by atoms with E-state index in [0.717, 1.165) is 18.8 Å². The van der Waals surface area contributed by atoms with Crippen LogP contribution in [-0.4, -0.2) is 27.7 Å². The van der Waals surface area contributed by atoms with Crippen LogP contribution in [0.25, 0.3) is 0 Å². The van der Waals surface area contributed by atoms with Gasteiger partial charge in [0.15, 0.2) is 6.04 Å². The molecule has 0 saturated heterocycles.